The number of nitrogens with one attached hydrogen (secondary N) is 1. The summed E-state index contributed by atoms with van der Waals surface area (Å²) in [4.78, 5) is 37.8. The van der Waals surface area contributed by atoms with Gasteiger partial charge < -0.3 is 14.7 Å². The minimum absolute atomic E-state index is 0.0747. The van der Waals surface area contributed by atoms with Crippen LogP contribution in [0.15, 0.2) is 24.4 Å². The molecule has 0 saturated carbocycles. The van der Waals surface area contributed by atoms with Crippen molar-refractivity contribution in [1.82, 2.24) is 25.2 Å². The van der Waals surface area contributed by atoms with Crippen molar-refractivity contribution in [2.75, 3.05) is 13.7 Å². The number of piperidine rings is 1. The van der Waals surface area contributed by atoms with E-state index in [0.717, 1.165) is 5.56 Å². The van der Waals surface area contributed by atoms with E-state index in [0.29, 0.717) is 23.4 Å². The first-order chi connectivity index (χ1) is 13.8. The van der Waals surface area contributed by atoms with Gasteiger partial charge in [-0.05, 0) is 37.1 Å². The van der Waals surface area contributed by atoms with Gasteiger partial charge in [-0.3, -0.25) is 19.7 Å². The minimum atomic E-state index is -1.28. The van der Waals surface area contributed by atoms with E-state index in [-0.39, 0.29) is 31.4 Å². The Hall–Kier alpha value is -3.11. The van der Waals surface area contributed by atoms with Crippen LogP contribution in [0.2, 0.25) is 0 Å². The lowest BCUT2D eigenvalue weighted by molar-refractivity contribution is -0.136. The van der Waals surface area contributed by atoms with Gasteiger partial charge in [0.15, 0.2) is 0 Å². The first-order valence-electron chi connectivity index (χ1n) is 9.22. The van der Waals surface area contributed by atoms with Gasteiger partial charge in [-0.1, -0.05) is 5.21 Å². The van der Waals surface area contributed by atoms with Crippen LogP contribution in [0.4, 0.5) is 0 Å². The molecule has 29 heavy (non-hydrogen) atoms. The van der Waals surface area contributed by atoms with Gasteiger partial charge in [0, 0.05) is 25.6 Å². The van der Waals surface area contributed by atoms with E-state index < -0.39 is 17.6 Å². The van der Waals surface area contributed by atoms with E-state index in [2.05, 4.69) is 15.6 Å². The molecule has 2 atom stereocenters. The lowest BCUT2D eigenvalue weighted by atomic mass is 10.0. The van der Waals surface area contributed by atoms with Crippen LogP contribution in [0.3, 0.4) is 0 Å². The molecule has 0 spiro atoms. The number of carbonyl (C=O) groups excluding carboxylic acids is 3. The van der Waals surface area contributed by atoms with Gasteiger partial charge in [0.05, 0.1) is 18.5 Å². The Morgan fingerprint density at radius 2 is 2.14 bits per heavy atom. The Balaban J connectivity index is 1.58. The van der Waals surface area contributed by atoms with Gasteiger partial charge in [0.1, 0.15) is 17.3 Å². The number of aromatic nitrogens is 3. The average molecular weight is 399 g/mol. The van der Waals surface area contributed by atoms with E-state index in [4.69, 9.17) is 4.74 Å². The summed E-state index contributed by atoms with van der Waals surface area (Å²) in [5, 5.41) is 20.8. The van der Waals surface area contributed by atoms with Crippen LogP contribution < -0.4 is 5.32 Å². The molecule has 3 heterocycles. The number of hydrogen-bond donors (Lipinski definition) is 2. The van der Waals surface area contributed by atoms with Gasteiger partial charge >= 0.3 is 0 Å². The largest absolute Gasteiger partial charge is 0.381 e. The molecule has 152 valence electrons. The zero-order chi connectivity index (χ0) is 20.8. The molecule has 2 aromatic rings. The molecule has 4 rings (SSSR count). The highest BCUT2D eigenvalue weighted by Gasteiger charge is 2.39. The predicted molar refractivity (Wildman–Crippen MR) is 98.9 cm³/mol. The molecule has 1 saturated heterocycles. The Morgan fingerprint density at radius 3 is 2.86 bits per heavy atom. The summed E-state index contributed by atoms with van der Waals surface area (Å²) < 4.78 is 6.52. The molecule has 2 unspecified atom stereocenters. The minimum Gasteiger partial charge on any atom is -0.381 e. The number of benzene rings is 1. The SMILES string of the molecule is COCC(C)(O)c1cn(-c2ccc3c(c2)CN(C2CCC(=O)NC2=O)C3=O)nn1. The van der Waals surface area contributed by atoms with Crippen LogP contribution in [-0.2, 0) is 26.5 Å². The predicted octanol–water partition coefficient (Wildman–Crippen LogP) is -0.118. The molecule has 2 aliphatic rings. The molecule has 10 heteroatoms. The highest BCUT2D eigenvalue weighted by molar-refractivity contribution is 6.05. The van der Waals surface area contributed by atoms with Crippen LogP contribution in [0.5, 0.6) is 0 Å². The maximum Gasteiger partial charge on any atom is 0.255 e. The molecule has 1 aromatic heterocycles. The molecule has 2 aliphatic heterocycles. The van der Waals surface area contributed by atoms with Crippen molar-refractivity contribution in [3.8, 4) is 5.69 Å². The number of imide groups is 1. The van der Waals surface area contributed by atoms with Gasteiger partial charge in [-0.2, -0.15) is 0 Å². The lowest BCUT2D eigenvalue weighted by Crippen LogP contribution is -2.52. The van der Waals surface area contributed by atoms with Crippen molar-refractivity contribution in [1.29, 1.82) is 0 Å². The van der Waals surface area contributed by atoms with E-state index >= 15 is 0 Å². The zero-order valence-electron chi connectivity index (χ0n) is 16.1. The fourth-order valence-electron chi connectivity index (χ4n) is 3.70. The highest BCUT2D eigenvalue weighted by atomic mass is 16.5. The molecule has 3 amide bonds. The molecular weight excluding hydrogens is 378 g/mol. The first-order valence-corrected chi connectivity index (χ1v) is 9.22. The van der Waals surface area contributed by atoms with Crippen molar-refractivity contribution >= 4 is 17.7 Å². The number of amides is 3. The van der Waals surface area contributed by atoms with Crippen molar-refractivity contribution in [2.24, 2.45) is 0 Å². The molecule has 0 bridgehead atoms. The third kappa shape index (κ3) is 3.40. The number of hydrogen-bond acceptors (Lipinski definition) is 7. The average Bonchev–Trinajstić information content (AvgIpc) is 3.28. The number of rotatable bonds is 5. The smallest absolute Gasteiger partial charge is 0.255 e. The van der Waals surface area contributed by atoms with Crippen LogP contribution in [-0.4, -0.2) is 62.5 Å². The summed E-state index contributed by atoms with van der Waals surface area (Å²) in [6.07, 6.45) is 2.14. The van der Waals surface area contributed by atoms with Crippen molar-refractivity contribution < 1.29 is 24.2 Å². The highest BCUT2D eigenvalue weighted by Crippen LogP contribution is 2.29. The third-order valence-electron chi connectivity index (χ3n) is 5.24. The van der Waals surface area contributed by atoms with E-state index in [1.54, 1.807) is 25.3 Å². The maximum atomic E-state index is 12.8. The van der Waals surface area contributed by atoms with Crippen LogP contribution in [0.1, 0.15) is 41.4 Å². The summed E-state index contributed by atoms with van der Waals surface area (Å²) in [6, 6.07) is 4.57. The van der Waals surface area contributed by atoms with Crippen LogP contribution >= 0.6 is 0 Å². The Labute approximate surface area is 166 Å². The molecular formula is C19H21N5O5. The number of fused-ring (bicyclic) bond motifs is 1. The first kappa shape index (κ1) is 19.2. The van der Waals surface area contributed by atoms with E-state index in [9.17, 15) is 19.5 Å². The number of aliphatic hydroxyl groups is 1. The molecule has 1 aromatic carbocycles. The van der Waals surface area contributed by atoms with Crippen LogP contribution in [0, 0.1) is 0 Å². The summed E-state index contributed by atoms with van der Waals surface area (Å²) in [5.41, 5.74) is 1.04. The fourth-order valence-corrected chi connectivity index (χ4v) is 3.70. The fraction of sp³-hybridized carbons (Fsp3) is 0.421. The van der Waals surface area contributed by atoms with Crippen molar-refractivity contribution in [2.45, 2.75) is 38.0 Å². The number of carbonyl (C=O) groups is 3. The molecule has 0 radical (unpaired) electrons. The normalized spacial score (nSPS) is 21.1. The van der Waals surface area contributed by atoms with Crippen molar-refractivity contribution in [3.05, 3.63) is 41.2 Å². The third-order valence-corrected chi connectivity index (χ3v) is 5.24. The summed E-state index contributed by atoms with van der Waals surface area (Å²) in [6.45, 7) is 1.94. The molecule has 1 fully saturated rings. The van der Waals surface area contributed by atoms with Crippen LogP contribution in [0.25, 0.3) is 5.69 Å². The standard InChI is InChI=1S/C19H21N5O5/c1-19(28,10-29-2)15-9-24(22-21-15)12-3-4-13-11(7-12)8-23(18(13)27)14-5-6-16(25)20-17(14)26/h3-4,7,9,14,28H,5-6,8,10H2,1-2H3,(H,20,25,26). The molecule has 10 nitrogen and oxygen atoms in total. The zero-order valence-corrected chi connectivity index (χ0v) is 16.1. The Kier molecular flexibility index (Phi) is 4.67. The van der Waals surface area contributed by atoms with Crippen molar-refractivity contribution in [3.63, 3.8) is 0 Å². The monoisotopic (exact) mass is 399 g/mol. The second-order valence-electron chi connectivity index (χ2n) is 7.50. The number of methoxy groups -OCH3 is 1. The Morgan fingerprint density at radius 1 is 1.34 bits per heavy atom. The quantitative estimate of drug-likeness (QED) is 0.671. The van der Waals surface area contributed by atoms with E-state index in [1.807, 2.05) is 6.07 Å². The second kappa shape index (κ2) is 7.05. The summed E-state index contributed by atoms with van der Waals surface area (Å²) in [5.74, 6) is -0.990. The Bertz CT molecular complexity index is 999. The second-order valence-corrected chi connectivity index (χ2v) is 7.50. The molecule has 2 N–H and O–H groups in total. The summed E-state index contributed by atoms with van der Waals surface area (Å²) >= 11 is 0. The number of ether oxygens (including phenoxy) is 1. The summed E-state index contributed by atoms with van der Waals surface area (Å²) in [7, 11) is 1.49. The van der Waals surface area contributed by atoms with Gasteiger partial charge in [-0.25, -0.2) is 4.68 Å². The van der Waals surface area contributed by atoms with E-state index in [1.165, 1.54) is 16.7 Å². The lowest BCUT2D eigenvalue weighted by Gasteiger charge is -2.29. The maximum absolute atomic E-state index is 12.8. The van der Waals surface area contributed by atoms with Gasteiger partial charge in [0.25, 0.3) is 5.91 Å². The topological polar surface area (TPSA) is 127 Å². The number of nitrogens with zero attached hydrogens (tertiary/aromatic N) is 4. The van der Waals surface area contributed by atoms with Gasteiger partial charge in [0.2, 0.25) is 11.8 Å². The van der Waals surface area contributed by atoms with Gasteiger partial charge in [-0.15, -0.1) is 5.10 Å². The molecule has 0 aliphatic carbocycles.